The number of alkyl halides is 3. The summed E-state index contributed by atoms with van der Waals surface area (Å²) in [5.74, 6) is -0.542. The summed E-state index contributed by atoms with van der Waals surface area (Å²) in [6.07, 6.45) is 2.02. The summed E-state index contributed by atoms with van der Waals surface area (Å²) in [7, 11) is 0. The van der Waals surface area contributed by atoms with Crippen molar-refractivity contribution in [3.05, 3.63) is 40.8 Å². The molecule has 0 radical (unpaired) electrons. The summed E-state index contributed by atoms with van der Waals surface area (Å²) in [5, 5.41) is 1.51. The summed E-state index contributed by atoms with van der Waals surface area (Å²) in [6.45, 7) is 2.46. The molecule has 0 saturated carbocycles. The van der Waals surface area contributed by atoms with Crippen LogP contribution in [0.5, 0.6) is 0 Å². The summed E-state index contributed by atoms with van der Waals surface area (Å²) in [6, 6.07) is 4.81. The Kier molecular flexibility index (Phi) is 7.63. The Balaban J connectivity index is 1.96. The van der Waals surface area contributed by atoms with Gasteiger partial charge in [0.25, 0.3) is 0 Å². The van der Waals surface area contributed by atoms with Crippen LogP contribution in [0.2, 0.25) is 0 Å². The molecule has 2 aromatic rings. The van der Waals surface area contributed by atoms with Gasteiger partial charge in [-0.15, -0.1) is 0 Å². The topological polar surface area (TPSA) is 39.2 Å². The van der Waals surface area contributed by atoms with E-state index in [-0.39, 0.29) is 16.8 Å². The Bertz CT molecular complexity index is 713. The van der Waals surface area contributed by atoms with Crippen molar-refractivity contribution >= 4 is 17.5 Å². The first-order valence-corrected chi connectivity index (χ1v) is 9.56. The van der Waals surface area contributed by atoms with Gasteiger partial charge in [-0.05, 0) is 30.1 Å². The summed E-state index contributed by atoms with van der Waals surface area (Å²) in [5.41, 5.74) is -0.0728. The average molecular weight is 385 g/mol. The third-order valence-corrected chi connectivity index (χ3v) is 4.61. The molecule has 142 valence electrons. The Labute approximate surface area is 155 Å². The van der Waals surface area contributed by atoms with Gasteiger partial charge in [-0.1, -0.05) is 51.2 Å². The molecule has 7 heteroatoms. The van der Waals surface area contributed by atoms with Gasteiger partial charge in [-0.3, -0.25) is 0 Å². The molecule has 1 heterocycles. The SMILES string of the molecule is CCCCCCCCOC(=O)c1csnc1-c1cccc(C(F)(F)F)c1. The second-order valence-corrected chi connectivity index (χ2v) is 6.69. The Morgan fingerprint density at radius 2 is 1.88 bits per heavy atom. The molecular weight excluding hydrogens is 363 g/mol. The van der Waals surface area contributed by atoms with Crippen molar-refractivity contribution < 1.29 is 22.7 Å². The lowest BCUT2D eigenvalue weighted by Gasteiger charge is -2.09. The minimum Gasteiger partial charge on any atom is -0.462 e. The molecule has 0 amide bonds. The van der Waals surface area contributed by atoms with Gasteiger partial charge < -0.3 is 4.74 Å². The van der Waals surface area contributed by atoms with E-state index in [9.17, 15) is 18.0 Å². The lowest BCUT2D eigenvalue weighted by Crippen LogP contribution is -2.08. The molecule has 0 atom stereocenters. The molecule has 0 aliphatic heterocycles. The smallest absolute Gasteiger partial charge is 0.416 e. The number of unbranched alkanes of at least 4 members (excludes halogenated alkanes) is 5. The number of rotatable bonds is 9. The number of benzene rings is 1. The molecule has 0 N–H and O–H groups in total. The van der Waals surface area contributed by atoms with Crippen LogP contribution < -0.4 is 0 Å². The Morgan fingerprint density at radius 3 is 2.62 bits per heavy atom. The summed E-state index contributed by atoms with van der Waals surface area (Å²) in [4.78, 5) is 12.2. The molecule has 3 nitrogen and oxygen atoms in total. The summed E-state index contributed by atoms with van der Waals surface area (Å²) >= 11 is 1.02. The van der Waals surface area contributed by atoms with Crippen molar-refractivity contribution in [1.29, 1.82) is 0 Å². The van der Waals surface area contributed by atoms with Crippen molar-refractivity contribution in [1.82, 2.24) is 4.37 Å². The Morgan fingerprint density at radius 1 is 1.15 bits per heavy atom. The van der Waals surface area contributed by atoms with Crippen molar-refractivity contribution in [2.75, 3.05) is 6.61 Å². The molecular formula is C19H22F3NO2S. The van der Waals surface area contributed by atoms with Gasteiger partial charge >= 0.3 is 12.1 Å². The highest BCUT2D eigenvalue weighted by Gasteiger charge is 2.31. The van der Waals surface area contributed by atoms with Crippen LogP contribution in [0.1, 0.15) is 61.4 Å². The number of nitrogens with zero attached hydrogens (tertiary/aromatic N) is 1. The molecule has 0 spiro atoms. The quantitative estimate of drug-likeness (QED) is 0.373. The maximum absolute atomic E-state index is 12.9. The van der Waals surface area contributed by atoms with Crippen molar-refractivity contribution in [3.63, 3.8) is 0 Å². The lowest BCUT2D eigenvalue weighted by molar-refractivity contribution is -0.137. The first-order chi connectivity index (χ1) is 12.4. The molecule has 1 aromatic heterocycles. The predicted molar refractivity (Wildman–Crippen MR) is 96.2 cm³/mol. The van der Waals surface area contributed by atoms with Crippen LogP contribution in [0.4, 0.5) is 13.2 Å². The number of hydrogen-bond acceptors (Lipinski definition) is 4. The molecule has 26 heavy (non-hydrogen) atoms. The number of hydrogen-bond donors (Lipinski definition) is 0. The molecule has 0 saturated heterocycles. The fourth-order valence-corrected chi connectivity index (χ4v) is 3.23. The molecule has 2 rings (SSSR count). The highest BCUT2D eigenvalue weighted by molar-refractivity contribution is 7.04. The van der Waals surface area contributed by atoms with Gasteiger partial charge in [0.05, 0.1) is 23.4 Å². The van der Waals surface area contributed by atoms with E-state index in [1.54, 1.807) is 0 Å². The first kappa shape index (κ1) is 20.4. The highest BCUT2D eigenvalue weighted by Crippen LogP contribution is 2.33. The van der Waals surface area contributed by atoms with Crippen LogP contribution in [0, 0.1) is 0 Å². The Hall–Kier alpha value is -1.89. The fourth-order valence-electron chi connectivity index (χ4n) is 2.56. The van der Waals surface area contributed by atoms with E-state index in [0.29, 0.717) is 6.61 Å². The minimum absolute atomic E-state index is 0.209. The maximum Gasteiger partial charge on any atom is 0.416 e. The van der Waals surface area contributed by atoms with Crippen LogP contribution in [-0.4, -0.2) is 16.9 Å². The van der Waals surface area contributed by atoms with Crippen molar-refractivity contribution in [2.24, 2.45) is 0 Å². The second-order valence-electron chi connectivity index (χ2n) is 6.06. The van der Waals surface area contributed by atoms with Gasteiger partial charge in [0.2, 0.25) is 0 Å². The zero-order chi connectivity index (χ0) is 19.0. The van der Waals surface area contributed by atoms with E-state index in [1.165, 1.54) is 36.8 Å². The van der Waals surface area contributed by atoms with Gasteiger partial charge in [0, 0.05) is 10.9 Å². The molecule has 0 aliphatic rings. The van der Waals surface area contributed by atoms with Gasteiger partial charge in [-0.25, -0.2) is 4.79 Å². The highest BCUT2D eigenvalue weighted by atomic mass is 32.1. The van der Waals surface area contributed by atoms with E-state index in [2.05, 4.69) is 11.3 Å². The minimum atomic E-state index is -4.44. The molecule has 0 unspecified atom stereocenters. The van der Waals surface area contributed by atoms with Crippen LogP contribution in [0.25, 0.3) is 11.3 Å². The first-order valence-electron chi connectivity index (χ1n) is 8.72. The van der Waals surface area contributed by atoms with Gasteiger partial charge in [-0.2, -0.15) is 17.5 Å². The number of carbonyl (C=O) groups excluding carboxylic acids is 1. The average Bonchev–Trinajstić information content (AvgIpc) is 3.10. The number of esters is 1. The van der Waals surface area contributed by atoms with Crippen molar-refractivity contribution in [3.8, 4) is 11.3 Å². The largest absolute Gasteiger partial charge is 0.462 e. The number of aromatic nitrogens is 1. The molecule has 0 aliphatic carbocycles. The summed E-state index contributed by atoms with van der Waals surface area (Å²) < 4.78 is 48.0. The predicted octanol–water partition coefficient (Wildman–Crippen LogP) is 6.35. The molecule has 1 aromatic carbocycles. The van der Waals surface area contributed by atoms with Crippen LogP contribution >= 0.6 is 11.5 Å². The van der Waals surface area contributed by atoms with Crippen LogP contribution in [-0.2, 0) is 10.9 Å². The monoisotopic (exact) mass is 385 g/mol. The third-order valence-electron chi connectivity index (χ3n) is 3.98. The van der Waals surface area contributed by atoms with E-state index in [4.69, 9.17) is 4.74 Å². The zero-order valence-corrected chi connectivity index (χ0v) is 15.5. The third kappa shape index (κ3) is 5.83. The number of carbonyl (C=O) groups is 1. The lowest BCUT2D eigenvalue weighted by atomic mass is 10.0. The molecule has 0 fully saturated rings. The van der Waals surface area contributed by atoms with Crippen LogP contribution in [0.15, 0.2) is 29.6 Å². The van der Waals surface area contributed by atoms with E-state index in [0.717, 1.165) is 42.9 Å². The second kappa shape index (κ2) is 9.71. The number of ether oxygens (including phenoxy) is 1. The van der Waals surface area contributed by atoms with Crippen LogP contribution in [0.3, 0.4) is 0 Å². The fraction of sp³-hybridized carbons (Fsp3) is 0.474. The maximum atomic E-state index is 12.9. The number of halogens is 3. The standard InChI is InChI=1S/C19H22F3NO2S/c1-2-3-4-5-6-7-11-25-18(24)16-13-26-23-17(16)14-9-8-10-15(12-14)19(20,21)22/h8-10,12-13H,2-7,11H2,1H3. The zero-order valence-electron chi connectivity index (χ0n) is 14.6. The van der Waals surface area contributed by atoms with E-state index in [1.807, 2.05) is 0 Å². The van der Waals surface area contributed by atoms with Gasteiger partial charge in [0.15, 0.2) is 0 Å². The van der Waals surface area contributed by atoms with E-state index < -0.39 is 17.7 Å². The van der Waals surface area contributed by atoms with E-state index >= 15 is 0 Å². The normalized spacial score (nSPS) is 11.5. The molecule has 0 bridgehead atoms. The van der Waals surface area contributed by atoms with Gasteiger partial charge in [0.1, 0.15) is 0 Å². The van der Waals surface area contributed by atoms with Crippen molar-refractivity contribution in [2.45, 2.75) is 51.6 Å².